The van der Waals surface area contributed by atoms with Crippen LogP contribution in [0.4, 0.5) is 10.1 Å². The molecule has 0 unspecified atom stereocenters. The van der Waals surface area contributed by atoms with E-state index in [1.54, 1.807) is 13.8 Å². The van der Waals surface area contributed by atoms with Gasteiger partial charge in [0.2, 0.25) is 5.82 Å². The second-order valence-electron chi connectivity index (χ2n) is 3.76. The minimum absolute atomic E-state index is 0.0625. The van der Waals surface area contributed by atoms with Gasteiger partial charge in [0.05, 0.1) is 21.3 Å². The molecular weight excluding hydrogens is 261 g/mol. The molecule has 0 bridgehead atoms. The Morgan fingerprint density at radius 2 is 2.11 bits per heavy atom. The Bertz CT molecular complexity index is 639. The van der Waals surface area contributed by atoms with Crippen molar-refractivity contribution in [2.75, 3.05) is 0 Å². The summed E-state index contributed by atoms with van der Waals surface area (Å²) in [6.07, 6.45) is 0. The highest BCUT2D eigenvalue weighted by Gasteiger charge is 2.23. The first kappa shape index (κ1) is 12.5. The molecule has 0 aliphatic rings. The molecule has 0 N–H and O–H groups in total. The lowest BCUT2D eigenvalue weighted by atomic mass is 10.2. The Kier molecular flexibility index (Phi) is 3.04. The highest BCUT2D eigenvalue weighted by atomic mass is 35.5. The third kappa shape index (κ3) is 1.84. The van der Waals surface area contributed by atoms with Gasteiger partial charge in [-0.3, -0.25) is 10.1 Å². The van der Waals surface area contributed by atoms with Crippen molar-refractivity contribution >= 4 is 17.3 Å². The van der Waals surface area contributed by atoms with Gasteiger partial charge in [-0.15, -0.1) is 0 Å². The summed E-state index contributed by atoms with van der Waals surface area (Å²) in [4.78, 5) is 10.1. The zero-order chi connectivity index (χ0) is 13.4. The van der Waals surface area contributed by atoms with Gasteiger partial charge in [0, 0.05) is 0 Å². The van der Waals surface area contributed by atoms with Crippen LogP contribution in [-0.4, -0.2) is 14.7 Å². The number of nitrogens with zero attached hydrogens (tertiary/aromatic N) is 3. The van der Waals surface area contributed by atoms with Gasteiger partial charge in [0.25, 0.3) is 0 Å². The molecule has 0 saturated carbocycles. The molecule has 18 heavy (non-hydrogen) atoms. The van der Waals surface area contributed by atoms with Gasteiger partial charge in [-0.05, 0) is 26.0 Å². The van der Waals surface area contributed by atoms with Crippen molar-refractivity contribution in [3.05, 3.63) is 50.5 Å². The monoisotopic (exact) mass is 269 g/mol. The molecule has 0 atom stereocenters. The fourth-order valence-corrected chi connectivity index (χ4v) is 1.83. The minimum atomic E-state index is -0.902. The SMILES string of the molecule is Cc1nn(-c2cccc(F)c2[N+](=O)[O-])c(C)c1Cl. The zero-order valence-corrected chi connectivity index (χ0v) is 10.4. The average Bonchev–Trinajstić information content (AvgIpc) is 2.56. The molecule has 7 heteroatoms. The normalized spacial score (nSPS) is 10.7. The number of halogens is 2. The number of nitro groups is 1. The van der Waals surface area contributed by atoms with Crippen molar-refractivity contribution in [2.24, 2.45) is 0 Å². The van der Waals surface area contributed by atoms with Crippen molar-refractivity contribution in [3.8, 4) is 5.69 Å². The molecule has 0 spiro atoms. The molecule has 0 amide bonds. The smallest absolute Gasteiger partial charge is 0.258 e. The lowest BCUT2D eigenvalue weighted by Crippen LogP contribution is -2.05. The molecule has 1 aromatic heterocycles. The molecule has 0 fully saturated rings. The maximum atomic E-state index is 13.5. The van der Waals surface area contributed by atoms with Gasteiger partial charge < -0.3 is 0 Å². The number of nitro benzene ring substituents is 1. The summed E-state index contributed by atoms with van der Waals surface area (Å²) in [5.74, 6) is -0.902. The Hall–Kier alpha value is -1.95. The number of hydrogen-bond acceptors (Lipinski definition) is 3. The third-order valence-corrected chi connectivity index (χ3v) is 3.13. The number of aromatic nitrogens is 2. The average molecular weight is 270 g/mol. The topological polar surface area (TPSA) is 61.0 Å². The highest BCUT2D eigenvalue weighted by Crippen LogP contribution is 2.29. The van der Waals surface area contributed by atoms with E-state index in [2.05, 4.69) is 5.10 Å². The van der Waals surface area contributed by atoms with Crippen LogP contribution in [-0.2, 0) is 0 Å². The van der Waals surface area contributed by atoms with E-state index in [-0.39, 0.29) is 5.69 Å². The Morgan fingerprint density at radius 1 is 1.44 bits per heavy atom. The van der Waals surface area contributed by atoms with Crippen molar-refractivity contribution in [3.63, 3.8) is 0 Å². The van der Waals surface area contributed by atoms with Crippen LogP contribution in [0.3, 0.4) is 0 Å². The van der Waals surface area contributed by atoms with Crippen LogP contribution in [0.2, 0.25) is 5.02 Å². The number of para-hydroxylation sites is 1. The predicted molar refractivity (Wildman–Crippen MR) is 64.7 cm³/mol. The molecule has 1 heterocycles. The number of hydrogen-bond donors (Lipinski definition) is 0. The summed E-state index contributed by atoms with van der Waals surface area (Å²) in [5.41, 5.74) is 0.517. The van der Waals surface area contributed by atoms with E-state index in [4.69, 9.17) is 11.6 Å². The number of rotatable bonds is 2. The van der Waals surface area contributed by atoms with Crippen molar-refractivity contribution in [1.29, 1.82) is 0 Å². The summed E-state index contributed by atoms with van der Waals surface area (Å²) in [6.45, 7) is 3.34. The summed E-state index contributed by atoms with van der Waals surface area (Å²) >= 11 is 5.97. The van der Waals surface area contributed by atoms with Crippen molar-refractivity contribution < 1.29 is 9.31 Å². The summed E-state index contributed by atoms with van der Waals surface area (Å²) in [6, 6.07) is 3.86. The van der Waals surface area contributed by atoms with Crippen LogP contribution in [0.1, 0.15) is 11.4 Å². The molecule has 0 aliphatic carbocycles. The maximum Gasteiger partial charge on any atom is 0.330 e. The van der Waals surface area contributed by atoms with Gasteiger partial charge >= 0.3 is 5.69 Å². The molecule has 1 aromatic carbocycles. The summed E-state index contributed by atoms with van der Waals surface area (Å²) in [5, 5.41) is 15.4. The van der Waals surface area contributed by atoms with E-state index < -0.39 is 16.4 Å². The summed E-state index contributed by atoms with van der Waals surface area (Å²) in [7, 11) is 0. The highest BCUT2D eigenvalue weighted by molar-refractivity contribution is 6.31. The fraction of sp³-hybridized carbons (Fsp3) is 0.182. The van der Waals surface area contributed by atoms with Gasteiger partial charge in [0.15, 0.2) is 0 Å². The summed E-state index contributed by atoms with van der Waals surface area (Å²) < 4.78 is 14.8. The van der Waals surface area contributed by atoms with Crippen LogP contribution in [0.15, 0.2) is 18.2 Å². The maximum absolute atomic E-state index is 13.5. The van der Waals surface area contributed by atoms with Crippen LogP contribution in [0.5, 0.6) is 0 Å². The second-order valence-corrected chi connectivity index (χ2v) is 4.14. The quantitative estimate of drug-likeness (QED) is 0.621. The Labute approximate surface area is 107 Å². The molecule has 94 valence electrons. The molecule has 2 rings (SSSR count). The molecule has 5 nitrogen and oxygen atoms in total. The Morgan fingerprint density at radius 3 is 2.61 bits per heavy atom. The third-order valence-electron chi connectivity index (χ3n) is 2.58. The number of aryl methyl sites for hydroxylation is 1. The molecule has 0 radical (unpaired) electrons. The van der Waals surface area contributed by atoms with E-state index in [9.17, 15) is 14.5 Å². The predicted octanol–water partition coefficient (Wildman–Crippen LogP) is 3.19. The van der Waals surface area contributed by atoms with Crippen molar-refractivity contribution in [1.82, 2.24) is 9.78 Å². The van der Waals surface area contributed by atoms with E-state index in [1.807, 2.05) is 0 Å². The van der Waals surface area contributed by atoms with Crippen LogP contribution >= 0.6 is 11.6 Å². The van der Waals surface area contributed by atoms with Crippen LogP contribution < -0.4 is 0 Å². The lowest BCUT2D eigenvalue weighted by Gasteiger charge is -2.05. The largest absolute Gasteiger partial charge is 0.330 e. The van der Waals surface area contributed by atoms with E-state index >= 15 is 0 Å². The van der Waals surface area contributed by atoms with E-state index in [0.717, 1.165) is 6.07 Å². The first-order valence-electron chi connectivity index (χ1n) is 5.08. The van der Waals surface area contributed by atoms with E-state index in [1.165, 1.54) is 16.8 Å². The van der Waals surface area contributed by atoms with Gasteiger partial charge in [0.1, 0.15) is 5.69 Å². The van der Waals surface area contributed by atoms with E-state index in [0.29, 0.717) is 16.4 Å². The number of benzene rings is 1. The lowest BCUT2D eigenvalue weighted by molar-refractivity contribution is -0.387. The molecule has 2 aromatic rings. The zero-order valence-electron chi connectivity index (χ0n) is 9.65. The minimum Gasteiger partial charge on any atom is -0.258 e. The van der Waals surface area contributed by atoms with Crippen LogP contribution in [0.25, 0.3) is 5.69 Å². The Balaban J connectivity index is 2.75. The standard InChI is InChI=1S/C11H9ClFN3O2/c1-6-10(12)7(2)15(14-6)9-5-3-4-8(13)11(9)16(17)18/h3-5H,1-2H3. The van der Waals surface area contributed by atoms with Crippen molar-refractivity contribution in [2.45, 2.75) is 13.8 Å². The van der Waals surface area contributed by atoms with Gasteiger partial charge in [-0.1, -0.05) is 17.7 Å². The van der Waals surface area contributed by atoms with Gasteiger partial charge in [-0.2, -0.15) is 9.49 Å². The first-order chi connectivity index (χ1) is 8.43. The first-order valence-corrected chi connectivity index (χ1v) is 5.46. The molecular formula is C11H9ClFN3O2. The molecule has 0 aliphatic heterocycles. The van der Waals surface area contributed by atoms with Crippen LogP contribution in [0, 0.1) is 29.8 Å². The second kappa shape index (κ2) is 4.38. The molecule has 0 saturated heterocycles. The van der Waals surface area contributed by atoms with Gasteiger partial charge in [-0.25, -0.2) is 4.68 Å². The fourth-order valence-electron chi connectivity index (χ4n) is 1.71.